The number of amides is 2. The van der Waals surface area contributed by atoms with Crippen LogP contribution in [0.3, 0.4) is 0 Å². The average molecular weight is 927 g/mol. The maximum atomic E-state index is 14.2. The van der Waals surface area contributed by atoms with Crippen LogP contribution in [-0.2, 0) is 15.1 Å². The highest BCUT2D eigenvalue weighted by molar-refractivity contribution is 6.06. The minimum Gasteiger partial charge on any atom is -0.396 e. The molecule has 10 nitrogen and oxygen atoms in total. The van der Waals surface area contributed by atoms with Gasteiger partial charge in [0, 0.05) is 41.6 Å². The minimum absolute atomic E-state index is 0.0202. The zero-order valence-electron chi connectivity index (χ0n) is 40.5. The first-order chi connectivity index (χ1) is 33.8. The Morgan fingerprint density at radius 2 is 0.841 bits per heavy atom. The van der Waals surface area contributed by atoms with Gasteiger partial charge in [-0.25, -0.2) is 19.4 Å². The second-order valence-electron chi connectivity index (χ2n) is 17.7. The predicted molar refractivity (Wildman–Crippen MR) is 279 cm³/mol. The van der Waals surface area contributed by atoms with E-state index >= 15 is 0 Å². The third kappa shape index (κ3) is 11.4. The van der Waals surface area contributed by atoms with Crippen molar-refractivity contribution in [3.63, 3.8) is 0 Å². The molecule has 0 spiro atoms. The molecule has 1 aliphatic carbocycles. The van der Waals surface area contributed by atoms with E-state index in [0.29, 0.717) is 47.0 Å². The first kappa shape index (κ1) is 50.0. The van der Waals surface area contributed by atoms with E-state index < -0.39 is 17.6 Å². The number of hydrogen-bond donors (Lipinski definition) is 2. The third-order valence-corrected chi connectivity index (χ3v) is 13.5. The fraction of sp³-hybridized carbons (Fsp3) is 0.322. The molecule has 10 heteroatoms. The summed E-state index contributed by atoms with van der Waals surface area (Å²) in [6, 6.07) is 50.1. The van der Waals surface area contributed by atoms with E-state index in [2.05, 4.69) is 52.0 Å². The molecule has 0 radical (unpaired) electrons. The SMILES string of the molecule is CCCCC(CC)/C(=N\OC(=O)N(c1ccccc1)c1ccccc1)c1ccc2c(c1)-c1cc(/C(=N/OC(=O)N(c3ccccc3)c3ccccc3)C(CC)CCCC)ccc1C2(CCO)CCO. The summed E-state index contributed by atoms with van der Waals surface area (Å²) < 4.78 is 0. The monoisotopic (exact) mass is 926 g/mol. The van der Waals surface area contributed by atoms with Gasteiger partial charge in [-0.15, -0.1) is 0 Å². The van der Waals surface area contributed by atoms with Gasteiger partial charge in [0.05, 0.1) is 34.2 Å². The Labute approximate surface area is 407 Å². The number of unbranched alkanes of at least 4 members (excludes halogenated alkanes) is 2. The van der Waals surface area contributed by atoms with E-state index in [4.69, 9.17) is 20.0 Å². The molecule has 2 amide bonds. The summed E-state index contributed by atoms with van der Waals surface area (Å²) >= 11 is 0. The second kappa shape index (κ2) is 24.4. The summed E-state index contributed by atoms with van der Waals surface area (Å²) in [5.74, 6) is -0.0404. The Hall–Kier alpha value is -6.88. The van der Waals surface area contributed by atoms with E-state index in [0.717, 1.165) is 84.7 Å². The molecule has 2 unspecified atom stereocenters. The van der Waals surface area contributed by atoms with Crippen molar-refractivity contribution >= 4 is 46.4 Å². The Morgan fingerprint density at radius 1 is 0.507 bits per heavy atom. The van der Waals surface area contributed by atoms with E-state index in [-0.39, 0.29) is 25.0 Å². The van der Waals surface area contributed by atoms with Gasteiger partial charge in [-0.2, -0.15) is 0 Å². The first-order valence-corrected chi connectivity index (χ1v) is 24.7. The van der Waals surface area contributed by atoms with Gasteiger partial charge in [0.15, 0.2) is 0 Å². The van der Waals surface area contributed by atoms with Gasteiger partial charge in [0.25, 0.3) is 0 Å². The fourth-order valence-corrected chi connectivity index (χ4v) is 9.86. The van der Waals surface area contributed by atoms with Gasteiger partial charge in [0.2, 0.25) is 0 Å². The molecular formula is C59H66N4O6. The summed E-state index contributed by atoms with van der Waals surface area (Å²) in [5.41, 5.74) is 8.74. The molecule has 69 heavy (non-hydrogen) atoms. The van der Waals surface area contributed by atoms with E-state index in [1.165, 1.54) is 9.80 Å². The van der Waals surface area contributed by atoms with Crippen molar-refractivity contribution in [3.8, 4) is 11.1 Å². The lowest BCUT2D eigenvalue weighted by Crippen LogP contribution is -2.28. The molecule has 0 aliphatic heterocycles. The molecule has 6 aromatic carbocycles. The molecule has 0 bridgehead atoms. The highest BCUT2D eigenvalue weighted by Crippen LogP contribution is 2.53. The number of para-hydroxylation sites is 4. The largest absolute Gasteiger partial charge is 0.445 e. The molecule has 2 N–H and O–H groups in total. The van der Waals surface area contributed by atoms with Gasteiger partial charge in [-0.1, -0.05) is 161 Å². The molecule has 0 heterocycles. The highest BCUT2D eigenvalue weighted by atomic mass is 16.7. The Balaban J connectivity index is 1.34. The number of hydrogen-bond acceptors (Lipinski definition) is 8. The van der Waals surface area contributed by atoms with Gasteiger partial charge >= 0.3 is 12.2 Å². The number of aliphatic hydroxyl groups excluding tert-OH is 2. The summed E-state index contributed by atoms with van der Waals surface area (Å²) in [7, 11) is 0. The molecular weight excluding hydrogens is 861 g/mol. The first-order valence-electron chi connectivity index (χ1n) is 24.7. The molecule has 0 aromatic heterocycles. The van der Waals surface area contributed by atoms with E-state index in [1.807, 2.05) is 133 Å². The lowest BCUT2D eigenvalue weighted by atomic mass is 9.73. The Morgan fingerprint density at radius 3 is 1.13 bits per heavy atom. The average Bonchev–Trinajstić information content (AvgIpc) is 3.64. The lowest BCUT2D eigenvalue weighted by Gasteiger charge is -2.31. The molecule has 358 valence electrons. The van der Waals surface area contributed by atoms with Gasteiger partial charge in [0.1, 0.15) is 0 Å². The van der Waals surface area contributed by atoms with E-state index in [1.54, 1.807) is 0 Å². The van der Waals surface area contributed by atoms with E-state index in [9.17, 15) is 19.8 Å². The summed E-state index contributed by atoms with van der Waals surface area (Å²) in [6.07, 6.45) is 6.71. The van der Waals surface area contributed by atoms with Crippen LogP contribution in [0, 0.1) is 11.8 Å². The highest BCUT2D eigenvalue weighted by Gasteiger charge is 2.43. The van der Waals surface area contributed by atoms with Crippen molar-refractivity contribution in [2.24, 2.45) is 22.1 Å². The number of aliphatic hydroxyl groups is 2. The molecule has 0 fully saturated rings. The number of oxime groups is 2. The summed E-state index contributed by atoms with van der Waals surface area (Å²) in [5, 5.41) is 30.9. The predicted octanol–water partition coefficient (Wildman–Crippen LogP) is 14.5. The molecule has 2 atom stereocenters. The maximum absolute atomic E-state index is 14.2. The number of carbonyl (C=O) groups excluding carboxylic acids is 2. The normalized spacial score (nSPS) is 13.8. The van der Waals surface area contributed by atoms with Crippen LogP contribution < -0.4 is 9.80 Å². The lowest BCUT2D eigenvalue weighted by molar-refractivity contribution is 0.159. The number of fused-ring (bicyclic) bond motifs is 3. The van der Waals surface area contributed by atoms with Crippen molar-refractivity contribution in [3.05, 3.63) is 180 Å². The zero-order valence-corrected chi connectivity index (χ0v) is 40.5. The van der Waals surface area contributed by atoms with Crippen LogP contribution in [0.5, 0.6) is 0 Å². The van der Waals surface area contributed by atoms with Crippen LogP contribution in [0.2, 0.25) is 0 Å². The van der Waals surface area contributed by atoms with Crippen LogP contribution in [0.1, 0.15) is 114 Å². The van der Waals surface area contributed by atoms with Crippen molar-refractivity contribution in [2.75, 3.05) is 23.0 Å². The van der Waals surface area contributed by atoms with Crippen LogP contribution in [0.25, 0.3) is 11.1 Å². The smallest absolute Gasteiger partial charge is 0.396 e. The van der Waals surface area contributed by atoms with Crippen LogP contribution in [0.4, 0.5) is 32.3 Å². The standard InChI is InChI=1S/C59H66N4O6/c1-5-9-23-43(7-3)55(60-68-57(66)62(47-25-15-11-16-26-47)48-27-17-12-18-28-48)45-33-35-53-51(41-45)52-42-46(34-36-54(52)59(53,37-39-64)38-40-65)56(44(8-4)24-10-6-2)61-69-58(67)63(49-29-19-13-20-30-49)50-31-21-14-22-32-50/h11-22,25-36,41-44,64-65H,5-10,23-24,37-40H2,1-4H3/b60-55+,61-56+. The summed E-state index contributed by atoms with van der Waals surface area (Å²) in [4.78, 5) is 43.4. The van der Waals surface area contributed by atoms with Gasteiger partial charge < -0.3 is 10.2 Å². The Kier molecular flexibility index (Phi) is 17.7. The molecule has 1 aliphatic rings. The van der Waals surface area contributed by atoms with Crippen LogP contribution in [0.15, 0.2) is 168 Å². The number of anilines is 4. The quantitative estimate of drug-likeness (QED) is 0.0397. The number of carbonyl (C=O) groups is 2. The van der Waals surface area contributed by atoms with Crippen molar-refractivity contribution in [1.82, 2.24) is 0 Å². The topological polar surface area (TPSA) is 124 Å². The molecule has 6 aromatic rings. The molecule has 0 saturated heterocycles. The van der Waals surface area contributed by atoms with Crippen molar-refractivity contribution in [2.45, 2.75) is 97.3 Å². The van der Waals surface area contributed by atoms with Crippen LogP contribution >= 0.6 is 0 Å². The van der Waals surface area contributed by atoms with Crippen molar-refractivity contribution < 1.29 is 29.5 Å². The Bertz CT molecular complexity index is 2390. The summed E-state index contributed by atoms with van der Waals surface area (Å²) in [6.45, 7) is 8.43. The zero-order chi connectivity index (χ0) is 48.6. The fourth-order valence-electron chi connectivity index (χ4n) is 9.86. The second-order valence-corrected chi connectivity index (χ2v) is 17.7. The number of benzene rings is 6. The van der Waals surface area contributed by atoms with Gasteiger partial charge in [-0.3, -0.25) is 9.68 Å². The van der Waals surface area contributed by atoms with Gasteiger partial charge in [-0.05, 0) is 121 Å². The third-order valence-electron chi connectivity index (χ3n) is 13.5. The van der Waals surface area contributed by atoms with Crippen LogP contribution in [-0.4, -0.2) is 47.0 Å². The molecule has 0 saturated carbocycles. The maximum Gasteiger partial charge on any atom is 0.445 e. The van der Waals surface area contributed by atoms with Crippen molar-refractivity contribution in [1.29, 1.82) is 0 Å². The molecule has 7 rings (SSSR count). The minimum atomic E-state index is -0.685. The number of rotatable bonds is 22. The number of nitrogens with zero attached hydrogens (tertiary/aromatic N) is 4.